The Balaban J connectivity index is 1.97. The molecule has 2 rings (SSSR count). The molecule has 0 aliphatic carbocycles. The normalized spacial score (nSPS) is 12.1. The van der Waals surface area contributed by atoms with Crippen molar-refractivity contribution in [1.29, 1.82) is 0 Å². The summed E-state index contributed by atoms with van der Waals surface area (Å²) in [4.78, 5) is 18.6. The fraction of sp³-hybridized carbons (Fsp3) is 0.333. The van der Waals surface area contributed by atoms with E-state index in [4.69, 9.17) is 0 Å². The van der Waals surface area contributed by atoms with Gasteiger partial charge in [-0.05, 0) is 28.7 Å². The fourth-order valence-corrected chi connectivity index (χ4v) is 2.14. The molecule has 0 saturated heterocycles. The first kappa shape index (κ1) is 20.2. The summed E-state index contributed by atoms with van der Waals surface area (Å²) in [5.41, 5.74) is -0.0516. The van der Waals surface area contributed by atoms with E-state index in [1.54, 1.807) is 22.6 Å². The maximum Gasteiger partial charge on any atom is 0.455 e. The third-order valence-electron chi connectivity index (χ3n) is 2.56. The van der Waals surface area contributed by atoms with E-state index in [0.717, 1.165) is 6.20 Å². The molecule has 0 aliphatic heterocycles. The summed E-state index contributed by atoms with van der Waals surface area (Å²) in [5, 5.41) is 4.94. The van der Waals surface area contributed by atoms with Crippen molar-refractivity contribution in [1.82, 2.24) is 20.4 Å². The summed E-state index contributed by atoms with van der Waals surface area (Å²) in [6.07, 6.45) is -8.36. The number of pyridine rings is 1. The second-order valence-electron chi connectivity index (χ2n) is 4.61. The number of rotatable bonds is 5. The predicted molar refractivity (Wildman–Crippen MR) is 79.0 cm³/mol. The van der Waals surface area contributed by atoms with Gasteiger partial charge >= 0.3 is 12.4 Å². The Morgan fingerprint density at radius 3 is 2.50 bits per heavy atom. The van der Waals surface area contributed by atoms with Gasteiger partial charge in [-0.3, -0.25) is 4.79 Å². The van der Waals surface area contributed by atoms with Crippen LogP contribution < -0.4 is 10.1 Å². The summed E-state index contributed by atoms with van der Waals surface area (Å²) in [7, 11) is 0. The summed E-state index contributed by atoms with van der Waals surface area (Å²) in [5.74, 6) is -3.03. The van der Waals surface area contributed by atoms with Crippen molar-refractivity contribution in [3.63, 3.8) is 0 Å². The van der Waals surface area contributed by atoms with Crippen LogP contribution in [0.5, 0.6) is 5.88 Å². The Hall–Kier alpha value is -2.13. The van der Waals surface area contributed by atoms with Gasteiger partial charge < -0.3 is 14.6 Å². The number of carbonyl (C=O) groups excluding carboxylic acids is 1. The molecule has 0 spiro atoms. The molecule has 0 aromatic carbocycles. The van der Waals surface area contributed by atoms with Crippen molar-refractivity contribution in [2.75, 3.05) is 6.61 Å². The first-order valence-electron chi connectivity index (χ1n) is 6.49. The van der Waals surface area contributed by atoms with Crippen molar-refractivity contribution in [3.8, 4) is 5.88 Å². The quantitative estimate of drug-likeness (QED) is 0.506. The molecule has 2 heterocycles. The fourth-order valence-electron chi connectivity index (χ4n) is 1.51. The molecule has 0 saturated carbocycles. The highest BCUT2D eigenvalue weighted by Gasteiger charge is 2.37. The smallest absolute Gasteiger partial charge is 0.455 e. The van der Waals surface area contributed by atoms with E-state index in [9.17, 15) is 31.1 Å². The number of amides is 1. The molecule has 0 fully saturated rings. The van der Waals surface area contributed by atoms with Gasteiger partial charge in [-0.25, -0.2) is 4.98 Å². The van der Waals surface area contributed by atoms with Crippen LogP contribution in [0.1, 0.15) is 22.1 Å². The molecule has 2 aromatic heterocycles. The van der Waals surface area contributed by atoms with Crippen LogP contribution in [0.2, 0.25) is 0 Å². The summed E-state index contributed by atoms with van der Waals surface area (Å²) >= 11 is 1.62. The number of ether oxygens (including phenoxy) is 1. The van der Waals surface area contributed by atoms with Crippen LogP contribution in [0, 0.1) is 3.57 Å². The van der Waals surface area contributed by atoms with E-state index >= 15 is 0 Å². The summed E-state index contributed by atoms with van der Waals surface area (Å²) in [6, 6.07) is 1.20. The van der Waals surface area contributed by atoms with Crippen LogP contribution in [0.4, 0.5) is 26.3 Å². The maximum atomic E-state index is 12.3. The lowest BCUT2D eigenvalue weighted by Gasteiger charge is -2.10. The summed E-state index contributed by atoms with van der Waals surface area (Å²) < 4.78 is 82.2. The zero-order valence-corrected chi connectivity index (χ0v) is 14.4. The van der Waals surface area contributed by atoms with Crippen LogP contribution in [-0.4, -0.2) is 33.8 Å². The third kappa shape index (κ3) is 5.70. The minimum absolute atomic E-state index is 0.0516. The number of hydrogen-bond donors (Lipinski definition) is 1. The van der Waals surface area contributed by atoms with Crippen LogP contribution in [-0.2, 0) is 12.7 Å². The van der Waals surface area contributed by atoms with Crippen LogP contribution in [0.3, 0.4) is 0 Å². The van der Waals surface area contributed by atoms with Gasteiger partial charge in [0.05, 0.1) is 15.7 Å². The average molecular weight is 496 g/mol. The highest BCUT2D eigenvalue weighted by Crippen LogP contribution is 2.26. The number of hydrogen-bond acceptors (Lipinski definition) is 6. The molecule has 1 N–H and O–H groups in total. The average Bonchev–Trinajstić information content (AvgIpc) is 2.99. The van der Waals surface area contributed by atoms with Crippen molar-refractivity contribution < 1.29 is 40.4 Å². The third-order valence-corrected chi connectivity index (χ3v) is 3.34. The first-order valence-corrected chi connectivity index (χ1v) is 7.56. The monoisotopic (exact) mass is 496 g/mol. The zero-order valence-electron chi connectivity index (χ0n) is 12.3. The van der Waals surface area contributed by atoms with Gasteiger partial charge in [-0.15, -0.1) is 0 Å². The zero-order chi connectivity index (χ0) is 19.5. The van der Waals surface area contributed by atoms with Gasteiger partial charge in [0.1, 0.15) is 0 Å². The number of carbonyl (C=O) groups is 1. The molecule has 2 aromatic rings. The van der Waals surface area contributed by atoms with Gasteiger partial charge in [0.25, 0.3) is 11.7 Å². The number of nitrogens with zero attached hydrogens (tertiary/aromatic N) is 3. The Bertz CT molecular complexity index is 792. The number of halogens is 7. The molecule has 0 aliphatic rings. The number of nitrogens with one attached hydrogen (secondary N) is 1. The number of alkyl halides is 6. The van der Waals surface area contributed by atoms with E-state index in [1.165, 1.54) is 6.07 Å². The predicted octanol–water partition coefficient (Wildman–Crippen LogP) is 2.96. The number of aromatic nitrogens is 3. The molecule has 0 radical (unpaired) electrons. The molecule has 14 heteroatoms. The SMILES string of the molecule is O=C(NCc1nc(C(F)(F)F)no1)c1cnc(OCC(F)(F)F)c(I)c1. The molecule has 7 nitrogen and oxygen atoms in total. The lowest BCUT2D eigenvalue weighted by Crippen LogP contribution is -2.24. The Morgan fingerprint density at radius 1 is 1.27 bits per heavy atom. The first-order chi connectivity index (χ1) is 12.0. The lowest BCUT2D eigenvalue weighted by molar-refractivity contribution is -0.154. The second-order valence-corrected chi connectivity index (χ2v) is 5.77. The van der Waals surface area contributed by atoms with Gasteiger partial charge in [0.15, 0.2) is 6.61 Å². The largest absolute Gasteiger partial charge is 0.467 e. The van der Waals surface area contributed by atoms with Gasteiger partial charge in [0.2, 0.25) is 11.8 Å². The van der Waals surface area contributed by atoms with Crippen LogP contribution in [0.25, 0.3) is 0 Å². The van der Waals surface area contributed by atoms with E-state index in [2.05, 4.69) is 29.7 Å². The van der Waals surface area contributed by atoms with Crippen molar-refractivity contribution >= 4 is 28.5 Å². The van der Waals surface area contributed by atoms with Crippen molar-refractivity contribution in [2.45, 2.75) is 18.9 Å². The molecular formula is C12H7F6IN4O3. The molecule has 142 valence electrons. The van der Waals surface area contributed by atoms with Gasteiger partial charge in [-0.1, -0.05) is 5.16 Å². The molecule has 1 amide bonds. The van der Waals surface area contributed by atoms with E-state index < -0.39 is 43.1 Å². The Kier molecular flexibility index (Phi) is 5.92. The highest BCUT2D eigenvalue weighted by molar-refractivity contribution is 14.1. The highest BCUT2D eigenvalue weighted by atomic mass is 127. The second kappa shape index (κ2) is 7.63. The topological polar surface area (TPSA) is 90.1 Å². The minimum atomic E-state index is -4.78. The van der Waals surface area contributed by atoms with Crippen molar-refractivity contribution in [2.24, 2.45) is 0 Å². The molecule has 0 atom stereocenters. The van der Waals surface area contributed by atoms with Gasteiger partial charge in [0, 0.05) is 6.20 Å². The van der Waals surface area contributed by atoms with Crippen LogP contribution in [0.15, 0.2) is 16.8 Å². The Labute approximate surface area is 154 Å². The summed E-state index contributed by atoms with van der Waals surface area (Å²) in [6.45, 7) is -2.02. The van der Waals surface area contributed by atoms with Crippen LogP contribution >= 0.6 is 22.6 Å². The van der Waals surface area contributed by atoms with Gasteiger partial charge in [-0.2, -0.15) is 31.3 Å². The standard InChI is InChI=1S/C12H7F6IN4O3/c13-11(14,15)4-25-9-6(19)1-5(2-21-9)8(24)20-3-7-22-10(23-26-7)12(16,17)18/h1-2H,3-4H2,(H,20,24). The maximum absolute atomic E-state index is 12.3. The molecular weight excluding hydrogens is 489 g/mol. The molecule has 0 unspecified atom stereocenters. The Morgan fingerprint density at radius 2 is 1.96 bits per heavy atom. The van der Waals surface area contributed by atoms with Crippen molar-refractivity contribution in [3.05, 3.63) is 33.1 Å². The van der Waals surface area contributed by atoms with E-state index in [0.29, 0.717) is 0 Å². The van der Waals surface area contributed by atoms with E-state index in [1.807, 2.05) is 0 Å². The molecule has 26 heavy (non-hydrogen) atoms. The minimum Gasteiger partial charge on any atom is -0.467 e. The molecule has 0 bridgehead atoms. The van der Waals surface area contributed by atoms with E-state index in [-0.39, 0.29) is 15.0 Å². The lowest BCUT2D eigenvalue weighted by atomic mass is 10.2.